The van der Waals surface area contributed by atoms with Crippen molar-refractivity contribution in [2.24, 2.45) is 5.41 Å². The summed E-state index contributed by atoms with van der Waals surface area (Å²) in [6, 6.07) is 16.9. The molecule has 8 nitrogen and oxygen atoms in total. The predicted molar refractivity (Wildman–Crippen MR) is 148 cm³/mol. The number of nitrogens with zero attached hydrogens (tertiary/aromatic N) is 4. The van der Waals surface area contributed by atoms with Crippen molar-refractivity contribution in [1.82, 2.24) is 19.4 Å². The highest BCUT2D eigenvalue weighted by molar-refractivity contribution is 5.75. The third kappa shape index (κ3) is 4.92. The fraction of sp³-hybridized carbons (Fsp3) is 0.452. The van der Waals surface area contributed by atoms with E-state index in [4.69, 9.17) is 4.74 Å². The maximum atomic E-state index is 13.9. The number of amides is 2. The third-order valence-electron chi connectivity index (χ3n) is 9.12. The van der Waals surface area contributed by atoms with Crippen molar-refractivity contribution in [3.05, 3.63) is 88.7 Å². The maximum Gasteiger partial charge on any atom is 0.320 e. The Kier molecular flexibility index (Phi) is 7.18. The molecule has 3 heterocycles. The topological polar surface area (TPSA) is 87.9 Å². The van der Waals surface area contributed by atoms with E-state index in [-0.39, 0.29) is 30.0 Å². The Morgan fingerprint density at radius 3 is 2.52 bits per heavy atom. The molecule has 3 fully saturated rings. The van der Waals surface area contributed by atoms with E-state index < -0.39 is 11.0 Å². The number of morpholine rings is 1. The van der Waals surface area contributed by atoms with E-state index in [9.17, 15) is 19.1 Å². The first-order chi connectivity index (χ1) is 19.4. The van der Waals surface area contributed by atoms with Crippen LogP contribution in [0.15, 0.2) is 71.8 Å². The summed E-state index contributed by atoms with van der Waals surface area (Å²) in [7, 11) is 0. The van der Waals surface area contributed by atoms with E-state index in [2.05, 4.69) is 4.98 Å². The van der Waals surface area contributed by atoms with Gasteiger partial charge in [0.1, 0.15) is 5.82 Å². The molecule has 2 aromatic carbocycles. The lowest BCUT2D eigenvalue weighted by Gasteiger charge is -2.53. The number of aliphatic hydroxyl groups is 1. The van der Waals surface area contributed by atoms with Crippen LogP contribution < -0.4 is 5.56 Å². The molecule has 1 N–H and O–H groups in total. The van der Waals surface area contributed by atoms with Crippen LogP contribution >= 0.6 is 0 Å². The minimum Gasteiger partial charge on any atom is -0.387 e. The van der Waals surface area contributed by atoms with Gasteiger partial charge in [-0.2, -0.15) is 0 Å². The molecule has 1 saturated carbocycles. The molecule has 3 aromatic rings. The highest BCUT2D eigenvalue weighted by atomic mass is 19.1. The average Bonchev–Trinajstić information content (AvgIpc) is 3.46. The summed E-state index contributed by atoms with van der Waals surface area (Å²) in [5.41, 5.74) is 0.462. The number of aromatic nitrogens is 2. The number of carbonyl (C=O) groups excluding carboxylic acids is 1. The van der Waals surface area contributed by atoms with Crippen molar-refractivity contribution in [3.63, 3.8) is 0 Å². The number of carbonyl (C=O) groups is 1. The summed E-state index contributed by atoms with van der Waals surface area (Å²) < 4.78 is 20.8. The second-order valence-corrected chi connectivity index (χ2v) is 11.4. The molecular formula is C31H35FN4O4. The number of halogens is 1. The molecule has 2 atom stereocenters. The van der Waals surface area contributed by atoms with Gasteiger partial charge in [-0.15, -0.1) is 0 Å². The predicted octanol–water partition coefficient (Wildman–Crippen LogP) is 4.24. The van der Waals surface area contributed by atoms with Crippen molar-refractivity contribution in [2.45, 2.75) is 50.3 Å². The van der Waals surface area contributed by atoms with Crippen LogP contribution in [0, 0.1) is 11.2 Å². The SMILES string of the molecule is O=C(N1CC[C@@](O)(Cn2cnc(-c3ccccc3)cc2=O)C2(CCCC2)C1)N1CCOC[C@H]1c1ccc(F)cc1. The first-order valence-corrected chi connectivity index (χ1v) is 14.1. The molecule has 0 radical (unpaired) electrons. The zero-order chi connectivity index (χ0) is 27.7. The number of hydrogen-bond acceptors (Lipinski definition) is 5. The van der Waals surface area contributed by atoms with Gasteiger partial charge in [-0.25, -0.2) is 14.2 Å². The first-order valence-electron chi connectivity index (χ1n) is 14.1. The summed E-state index contributed by atoms with van der Waals surface area (Å²) >= 11 is 0. The van der Waals surface area contributed by atoms with Gasteiger partial charge in [-0.3, -0.25) is 9.36 Å². The van der Waals surface area contributed by atoms with Gasteiger partial charge in [0, 0.05) is 36.7 Å². The second kappa shape index (κ2) is 10.8. The van der Waals surface area contributed by atoms with Gasteiger partial charge in [0.2, 0.25) is 0 Å². The van der Waals surface area contributed by atoms with Crippen LogP contribution in [0.3, 0.4) is 0 Å². The smallest absolute Gasteiger partial charge is 0.320 e. The summed E-state index contributed by atoms with van der Waals surface area (Å²) in [4.78, 5) is 35.2. The minimum absolute atomic E-state index is 0.0861. The monoisotopic (exact) mass is 546 g/mol. The van der Waals surface area contributed by atoms with Gasteiger partial charge >= 0.3 is 6.03 Å². The van der Waals surface area contributed by atoms with Crippen LogP contribution in [0.4, 0.5) is 9.18 Å². The van der Waals surface area contributed by atoms with Crippen LogP contribution in [0.1, 0.15) is 43.7 Å². The van der Waals surface area contributed by atoms with E-state index in [1.54, 1.807) is 12.1 Å². The maximum absolute atomic E-state index is 13.9. The second-order valence-electron chi connectivity index (χ2n) is 11.4. The van der Waals surface area contributed by atoms with Crippen molar-refractivity contribution in [1.29, 1.82) is 0 Å². The van der Waals surface area contributed by atoms with Crippen molar-refractivity contribution in [3.8, 4) is 11.3 Å². The molecule has 0 bridgehead atoms. The van der Waals surface area contributed by atoms with E-state index >= 15 is 0 Å². The average molecular weight is 547 g/mol. The number of hydrogen-bond donors (Lipinski definition) is 1. The Labute approximate surface area is 233 Å². The molecule has 1 aromatic heterocycles. The lowest BCUT2D eigenvalue weighted by molar-refractivity contribution is -0.137. The molecule has 1 aliphatic carbocycles. The van der Waals surface area contributed by atoms with Crippen LogP contribution in [0.5, 0.6) is 0 Å². The Morgan fingerprint density at radius 1 is 1.05 bits per heavy atom. The molecule has 2 aliphatic heterocycles. The summed E-state index contributed by atoms with van der Waals surface area (Å²) in [6.45, 7) is 2.21. The van der Waals surface area contributed by atoms with Gasteiger partial charge in [0.25, 0.3) is 5.56 Å². The number of ether oxygens (including phenoxy) is 1. The van der Waals surface area contributed by atoms with Gasteiger partial charge in [-0.05, 0) is 37.0 Å². The quantitative estimate of drug-likeness (QED) is 0.529. The number of benzene rings is 2. The zero-order valence-corrected chi connectivity index (χ0v) is 22.5. The van der Waals surface area contributed by atoms with E-state index in [1.807, 2.05) is 40.1 Å². The lowest BCUT2D eigenvalue weighted by atomic mass is 9.66. The normalized spacial score (nSPS) is 24.4. The fourth-order valence-electron chi connectivity index (χ4n) is 6.83. The third-order valence-corrected chi connectivity index (χ3v) is 9.12. The Hall–Kier alpha value is -3.56. The van der Waals surface area contributed by atoms with Gasteiger partial charge in [0.05, 0.1) is 43.4 Å². The van der Waals surface area contributed by atoms with E-state index in [0.717, 1.165) is 36.8 Å². The Bertz CT molecular complexity index is 1410. The van der Waals surface area contributed by atoms with Gasteiger partial charge in [0.15, 0.2) is 0 Å². The molecule has 40 heavy (non-hydrogen) atoms. The molecule has 6 rings (SSSR count). The Balaban J connectivity index is 1.22. The molecule has 3 aliphatic rings. The minimum atomic E-state index is -1.14. The molecule has 0 unspecified atom stereocenters. The van der Waals surface area contributed by atoms with Crippen LogP contribution in [-0.2, 0) is 11.3 Å². The zero-order valence-electron chi connectivity index (χ0n) is 22.5. The lowest BCUT2D eigenvalue weighted by Crippen LogP contribution is -2.64. The molecule has 210 valence electrons. The Morgan fingerprint density at radius 2 is 1.80 bits per heavy atom. The molecular weight excluding hydrogens is 511 g/mol. The number of likely N-dealkylation sites (tertiary alicyclic amines) is 1. The standard InChI is InChI=1S/C31H35FN4O4/c32-25-10-8-24(9-11-25)27-19-40-17-16-36(27)29(38)34-15-14-31(39,30(20-34)12-4-5-13-30)21-35-22-33-26(18-28(35)37)23-6-2-1-3-7-23/h1-3,6-11,18,22,27,39H,4-5,12-17,19-21H2/t27-,31+/m0/s1. The van der Waals surface area contributed by atoms with Crippen molar-refractivity contribution in [2.75, 3.05) is 32.8 Å². The molecule has 9 heteroatoms. The van der Waals surface area contributed by atoms with E-state index in [0.29, 0.717) is 45.0 Å². The van der Waals surface area contributed by atoms with Gasteiger partial charge < -0.3 is 19.6 Å². The molecule has 2 saturated heterocycles. The molecule has 2 amide bonds. The van der Waals surface area contributed by atoms with Crippen LogP contribution in [0.25, 0.3) is 11.3 Å². The highest BCUT2D eigenvalue weighted by Crippen LogP contribution is 2.51. The van der Waals surface area contributed by atoms with Crippen molar-refractivity contribution < 1.29 is 19.0 Å². The highest BCUT2D eigenvalue weighted by Gasteiger charge is 2.56. The summed E-state index contributed by atoms with van der Waals surface area (Å²) in [5, 5.41) is 12.2. The fourth-order valence-corrected chi connectivity index (χ4v) is 6.83. The van der Waals surface area contributed by atoms with Gasteiger partial charge in [-0.1, -0.05) is 55.3 Å². The molecule has 1 spiro atoms. The van der Waals surface area contributed by atoms with Crippen LogP contribution in [0.2, 0.25) is 0 Å². The van der Waals surface area contributed by atoms with Crippen LogP contribution in [-0.4, -0.2) is 68.9 Å². The number of rotatable bonds is 4. The summed E-state index contributed by atoms with van der Waals surface area (Å²) in [5.74, 6) is -0.319. The van der Waals surface area contributed by atoms with E-state index in [1.165, 1.54) is 29.1 Å². The van der Waals surface area contributed by atoms with Crippen molar-refractivity contribution >= 4 is 6.03 Å². The first kappa shape index (κ1) is 26.7. The largest absolute Gasteiger partial charge is 0.387 e. The number of piperidine rings is 1. The summed E-state index contributed by atoms with van der Waals surface area (Å²) in [6.07, 6.45) is 5.44. The number of urea groups is 1.